The second-order valence-electron chi connectivity index (χ2n) is 0.670. The van der Waals surface area contributed by atoms with Crippen molar-refractivity contribution in [2.75, 3.05) is 13.2 Å². The second kappa shape index (κ2) is 4.32. The van der Waals surface area contributed by atoms with Crippen molar-refractivity contribution in [3.63, 3.8) is 0 Å². The van der Waals surface area contributed by atoms with Crippen molar-refractivity contribution in [3.05, 3.63) is 0 Å². The van der Waals surface area contributed by atoms with Crippen LogP contribution in [0.4, 0.5) is 0 Å². The van der Waals surface area contributed by atoms with E-state index in [0.29, 0.717) is 0 Å². The Hall–Kier alpha value is -0.680. The van der Waals surface area contributed by atoms with Gasteiger partial charge in [-0.05, 0) is 0 Å². The normalized spacial score (nSPS) is 6.67. The zero-order chi connectivity index (χ0) is 4.83. The highest BCUT2D eigenvalue weighted by molar-refractivity contribution is 4.67. The van der Waals surface area contributed by atoms with E-state index >= 15 is 0 Å². The van der Waals surface area contributed by atoms with Crippen molar-refractivity contribution in [1.82, 2.24) is 0 Å². The Morgan fingerprint density at radius 3 is 2.67 bits per heavy atom. The predicted molar refractivity (Wildman–Crippen MR) is 20.3 cm³/mol. The van der Waals surface area contributed by atoms with Crippen LogP contribution in [0, 0.1) is 12.5 Å². The molecule has 0 fully saturated rings. The first-order chi connectivity index (χ1) is 2.91. The quantitative estimate of drug-likeness (QED) is 0.343. The van der Waals surface area contributed by atoms with Crippen LogP contribution in [-0.4, -0.2) is 13.2 Å². The molecule has 6 heavy (non-hydrogen) atoms. The van der Waals surface area contributed by atoms with Crippen LogP contribution >= 0.6 is 0 Å². The Labute approximate surface area is 36.7 Å². The van der Waals surface area contributed by atoms with E-state index in [-0.39, 0.29) is 13.2 Å². The lowest BCUT2D eigenvalue weighted by atomic mass is 10.8. The average molecular weight is 85.1 g/mol. The van der Waals surface area contributed by atoms with Crippen LogP contribution in [0.2, 0.25) is 0 Å². The van der Waals surface area contributed by atoms with Crippen LogP contribution in [0.25, 0.3) is 0 Å². The van der Waals surface area contributed by atoms with Crippen molar-refractivity contribution in [3.8, 4) is 12.5 Å². The minimum absolute atomic E-state index is 0.122. The van der Waals surface area contributed by atoms with Crippen LogP contribution in [0.5, 0.6) is 0 Å². The topological polar surface area (TPSA) is 29.1 Å². The van der Waals surface area contributed by atoms with Gasteiger partial charge in [-0.3, -0.25) is 0 Å². The maximum absolute atomic E-state index is 9.47. The molecular formula is C4H5O2. The number of hydrogen-bond donors (Lipinski definition) is 0. The van der Waals surface area contributed by atoms with Crippen LogP contribution < -0.4 is 0 Å². The number of rotatable bonds is 2. The van der Waals surface area contributed by atoms with Crippen LogP contribution in [-0.2, 0) is 9.84 Å². The first-order valence-electron chi connectivity index (χ1n) is 1.57. The number of ether oxygens (including phenoxy) is 1. The van der Waals surface area contributed by atoms with Gasteiger partial charge in [0.15, 0.2) is 0 Å². The maximum atomic E-state index is 9.47. The van der Waals surface area contributed by atoms with E-state index in [1.54, 1.807) is 0 Å². The zero-order valence-electron chi connectivity index (χ0n) is 3.31. The fourth-order valence-electron chi connectivity index (χ4n) is 0.101. The molecule has 2 nitrogen and oxygen atoms in total. The molecule has 0 saturated heterocycles. The summed E-state index contributed by atoms with van der Waals surface area (Å²) >= 11 is 0. The molecule has 2 heteroatoms. The molecule has 33 valence electrons. The summed E-state index contributed by atoms with van der Waals surface area (Å²) in [4.78, 5) is 0. The SMILES string of the molecule is C#COCC[O]. The van der Waals surface area contributed by atoms with Gasteiger partial charge < -0.3 is 4.74 Å². The largest absolute Gasteiger partial charge is 0.444 e. The smallest absolute Gasteiger partial charge is 0.127 e. The van der Waals surface area contributed by atoms with Gasteiger partial charge in [-0.25, -0.2) is 5.11 Å². The molecule has 1 radical (unpaired) electrons. The van der Waals surface area contributed by atoms with E-state index < -0.39 is 0 Å². The number of hydrogen-bond acceptors (Lipinski definition) is 1. The van der Waals surface area contributed by atoms with Crippen molar-refractivity contribution in [2.24, 2.45) is 0 Å². The first-order valence-corrected chi connectivity index (χ1v) is 1.57. The third kappa shape index (κ3) is 3.32. The molecule has 0 aliphatic heterocycles. The lowest BCUT2D eigenvalue weighted by Crippen LogP contribution is -1.89. The van der Waals surface area contributed by atoms with Gasteiger partial charge in [0.25, 0.3) is 0 Å². The summed E-state index contributed by atoms with van der Waals surface area (Å²) < 4.78 is 4.20. The summed E-state index contributed by atoms with van der Waals surface area (Å²) in [6.07, 6.45) is 6.47. The molecule has 0 aromatic rings. The van der Waals surface area contributed by atoms with Gasteiger partial charge in [0, 0.05) is 0 Å². The number of terminal acetylenes is 1. The third-order valence-corrected chi connectivity index (χ3v) is 0.269. The summed E-state index contributed by atoms with van der Waals surface area (Å²) in [6, 6.07) is 0. The van der Waals surface area contributed by atoms with Crippen molar-refractivity contribution in [1.29, 1.82) is 0 Å². The Kier molecular flexibility index (Phi) is 3.83. The van der Waals surface area contributed by atoms with Crippen LogP contribution in [0.15, 0.2) is 0 Å². The lowest BCUT2D eigenvalue weighted by molar-refractivity contribution is 0.125. The van der Waals surface area contributed by atoms with Gasteiger partial charge in [0.05, 0.1) is 0 Å². The fraction of sp³-hybridized carbons (Fsp3) is 0.500. The summed E-state index contributed by atoms with van der Waals surface area (Å²) in [5.41, 5.74) is 0. The highest BCUT2D eigenvalue weighted by Gasteiger charge is 1.72. The second-order valence-corrected chi connectivity index (χ2v) is 0.670. The van der Waals surface area contributed by atoms with E-state index in [4.69, 9.17) is 0 Å². The molecule has 0 saturated carbocycles. The molecule has 0 aliphatic rings. The third-order valence-electron chi connectivity index (χ3n) is 0.269. The van der Waals surface area contributed by atoms with Gasteiger partial charge in [-0.2, -0.15) is 0 Å². The molecule has 0 unspecified atom stereocenters. The van der Waals surface area contributed by atoms with E-state index in [2.05, 4.69) is 11.2 Å². The molecule has 0 bridgehead atoms. The monoisotopic (exact) mass is 85.0 g/mol. The van der Waals surface area contributed by atoms with Gasteiger partial charge in [-0.1, -0.05) is 6.42 Å². The van der Waals surface area contributed by atoms with Crippen molar-refractivity contribution in [2.45, 2.75) is 0 Å². The molecule has 0 atom stereocenters. The predicted octanol–water partition coefficient (Wildman–Crippen LogP) is 0.0242. The molecule has 0 aliphatic carbocycles. The fourth-order valence-corrected chi connectivity index (χ4v) is 0.101. The van der Waals surface area contributed by atoms with Gasteiger partial charge in [0.1, 0.15) is 19.3 Å². The molecular weight excluding hydrogens is 80.0 g/mol. The van der Waals surface area contributed by atoms with Gasteiger partial charge >= 0.3 is 0 Å². The molecule has 0 amide bonds. The molecule has 0 rings (SSSR count). The highest BCUT2D eigenvalue weighted by Crippen LogP contribution is 1.62. The summed E-state index contributed by atoms with van der Waals surface area (Å²) in [5, 5.41) is 9.47. The van der Waals surface area contributed by atoms with E-state index in [0.717, 1.165) is 0 Å². The minimum atomic E-state index is -0.260. The standard InChI is InChI=1S/C4H5O2/c1-2-6-4-3-5/h1H,3-4H2. The van der Waals surface area contributed by atoms with Crippen molar-refractivity contribution < 1.29 is 9.84 Å². The molecule has 0 aromatic carbocycles. The Bertz CT molecular complexity index is 53.1. The summed E-state index contributed by atoms with van der Waals surface area (Å²) in [6.45, 7) is -0.138. The van der Waals surface area contributed by atoms with Gasteiger partial charge in [-0.15, -0.1) is 0 Å². The van der Waals surface area contributed by atoms with Crippen LogP contribution in [0.3, 0.4) is 0 Å². The van der Waals surface area contributed by atoms with Crippen molar-refractivity contribution >= 4 is 0 Å². The van der Waals surface area contributed by atoms with E-state index in [1.807, 2.05) is 6.11 Å². The Morgan fingerprint density at radius 1 is 1.83 bits per heavy atom. The molecule has 0 N–H and O–H groups in total. The molecule has 0 aromatic heterocycles. The average Bonchev–Trinajstić information content (AvgIpc) is 1.61. The van der Waals surface area contributed by atoms with Crippen LogP contribution in [0.1, 0.15) is 0 Å². The lowest BCUT2D eigenvalue weighted by Gasteiger charge is -1.84. The minimum Gasteiger partial charge on any atom is -0.444 e. The summed E-state index contributed by atoms with van der Waals surface area (Å²) in [7, 11) is 0. The maximum Gasteiger partial charge on any atom is 0.127 e. The first kappa shape index (κ1) is 5.32. The van der Waals surface area contributed by atoms with E-state index in [1.165, 1.54) is 0 Å². The highest BCUT2D eigenvalue weighted by atomic mass is 16.5. The molecule has 0 heterocycles. The Balaban J connectivity index is 2.54. The molecule has 0 spiro atoms. The van der Waals surface area contributed by atoms with Gasteiger partial charge in [0.2, 0.25) is 0 Å². The summed E-state index contributed by atoms with van der Waals surface area (Å²) in [5.74, 6) is 0. The zero-order valence-corrected chi connectivity index (χ0v) is 3.31. The Morgan fingerprint density at radius 2 is 2.50 bits per heavy atom. The van der Waals surface area contributed by atoms with E-state index in [9.17, 15) is 5.11 Å².